The van der Waals surface area contributed by atoms with Gasteiger partial charge in [0, 0.05) is 49.2 Å². The maximum Gasteiger partial charge on any atom is 0.270 e. The highest BCUT2D eigenvalue weighted by molar-refractivity contribution is 5.97. The number of nitro groups is 1. The van der Waals surface area contributed by atoms with Gasteiger partial charge in [0.25, 0.3) is 11.6 Å². The third kappa shape index (κ3) is 7.77. The topological polar surface area (TPSA) is 88.7 Å². The standard InChI is InChI=1S/C29H36N4O4/c1-4-6-16-31(21-27-14-9-17-30(27)20-24-11-7-10-23(3)18-24)28(34)22-32(15-5-2)29(35)25-12-8-13-26(19-25)33(36)37/h7-14,17-19H,4-6,15-16,20-22H2,1-3H3. The normalized spacial score (nSPS) is 10.8. The van der Waals surface area contributed by atoms with Crippen molar-refractivity contribution in [3.63, 3.8) is 0 Å². The summed E-state index contributed by atoms with van der Waals surface area (Å²) in [4.78, 5) is 40.7. The molecule has 3 rings (SSSR count). The molecule has 196 valence electrons. The van der Waals surface area contributed by atoms with E-state index >= 15 is 0 Å². The number of carbonyl (C=O) groups excluding carboxylic acids is 2. The third-order valence-corrected chi connectivity index (χ3v) is 6.26. The Balaban J connectivity index is 1.77. The third-order valence-electron chi connectivity index (χ3n) is 6.26. The molecule has 8 nitrogen and oxygen atoms in total. The fourth-order valence-corrected chi connectivity index (χ4v) is 4.31. The van der Waals surface area contributed by atoms with Crippen molar-refractivity contribution >= 4 is 17.5 Å². The van der Waals surface area contributed by atoms with Gasteiger partial charge in [-0.1, -0.05) is 56.2 Å². The van der Waals surface area contributed by atoms with Crippen LogP contribution in [0.15, 0.2) is 66.9 Å². The molecule has 0 radical (unpaired) electrons. The van der Waals surface area contributed by atoms with E-state index in [2.05, 4.69) is 36.6 Å². The van der Waals surface area contributed by atoms with E-state index in [0.29, 0.717) is 32.6 Å². The summed E-state index contributed by atoms with van der Waals surface area (Å²) in [7, 11) is 0. The van der Waals surface area contributed by atoms with Gasteiger partial charge >= 0.3 is 0 Å². The summed E-state index contributed by atoms with van der Waals surface area (Å²) in [6.07, 6.45) is 4.49. The van der Waals surface area contributed by atoms with Crippen molar-refractivity contribution in [2.24, 2.45) is 0 Å². The molecule has 0 N–H and O–H groups in total. The van der Waals surface area contributed by atoms with Crippen LogP contribution < -0.4 is 0 Å². The molecule has 1 heterocycles. The molecule has 3 aromatic rings. The van der Waals surface area contributed by atoms with Crippen LogP contribution in [0.3, 0.4) is 0 Å². The molecule has 2 aromatic carbocycles. The van der Waals surface area contributed by atoms with Crippen LogP contribution in [0, 0.1) is 17.0 Å². The van der Waals surface area contributed by atoms with Crippen molar-refractivity contribution in [1.29, 1.82) is 0 Å². The number of aryl methyl sites for hydroxylation is 1. The summed E-state index contributed by atoms with van der Waals surface area (Å²) in [6.45, 7) is 8.16. The van der Waals surface area contributed by atoms with Gasteiger partial charge in [0.15, 0.2) is 0 Å². The molecule has 0 unspecified atom stereocenters. The number of nitro benzene ring substituents is 1. The molecule has 0 atom stereocenters. The van der Waals surface area contributed by atoms with Crippen molar-refractivity contribution in [2.75, 3.05) is 19.6 Å². The fourth-order valence-electron chi connectivity index (χ4n) is 4.31. The van der Waals surface area contributed by atoms with Crippen LogP contribution in [0.25, 0.3) is 0 Å². The van der Waals surface area contributed by atoms with Gasteiger partial charge in [0.1, 0.15) is 6.54 Å². The van der Waals surface area contributed by atoms with E-state index in [0.717, 1.165) is 18.5 Å². The number of unbranched alkanes of at least 4 members (excludes halogenated alkanes) is 1. The molecule has 0 saturated heterocycles. The number of carbonyl (C=O) groups is 2. The van der Waals surface area contributed by atoms with Gasteiger partial charge in [-0.2, -0.15) is 0 Å². The number of amides is 2. The quantitative estimate of drug-likeness (QED) is 0.229. The highest BCUT2D eigenvalue weighted by Gasteiger charge is 2.23. The minimum Gasteiger partial charge on any atom is -0.345 e. The molecule has 0 saturated carbocycles. The Morgan fingerprint density at radius 3 is 2.43 bits per heavy atom. The van der Waals surface area contributed by atoms with Gasteiger partial charge in [-0.3, -0.25) is 19.7 Å². The van der Waals surface area contributed by atoms with E-state index in [9.17, 15) is 19.7 Å². The van der Waals surface area contributed by atoms with E-state index < -0.39 is 4.92 Å². The zero-order chi connectivity index (χ0) is 26.8. The van der Waals surface area contributed by atoms with Crippen molar-refractivity contribution in [3.05, 3.63) is 99.4 Å². The zero-order valence-corrected chi connectivity index (χ0v) is 21.9. The maximum absolute atomic E-state index is 13.5. The minimum atomic E-state index is -0.523. The highest BCUT2D eigenvalue weighted by Crippen LogP contribution is 2.17. The molecular formula is C29H36N4O4. The van der Waals surface area contributed by atoms with Gasteiger partial charge in [0.05, 0.1) is 11.5 Å². The van der Waals surface area contributed by atoms with Gasteiger partial charge < -0.3 is 14.4 Å². The molecular weight excluding hydrogens is 468 g/mol. The van der Waals surface area contributed by atoms with Gasteiger partial charge in [-0.05, 0) is 43.5 Å². The molecule has 0 aliphatic heterocycles. The van der Waals surface area contributed by atoms with Gasteiger partial charge in [0.2, 0.25) is 5.91 Å². The van der Waals surface area contributed by atoms with Crippen molar-refractivity contribution in [3.8, 4) is 0 Å². The molecule has 0 aliphatic rings. The first-order chi connectivity index (χ1) is 17.8. The van der Waals surface area contributed by atoms with E-state index in [4.69, 9.17) is 0 Å². The smallest absolute Gasteiger partial charge is 0.270 e. The predicted octanol–water partition coefficient (Wildman–Crippen LogP) is 5.43. The van der Waals surface area contributed by atoms with E-state index in [1.54, 1.807) is 6.07 Å². The fraction of sp³-hybridized carbons (Fsp3) is 0.379. The number of rotatable bonds is 13. The number of aromatic nitrogens is 1. The predicted molar refractivity (Wildman–Crippen MR) is 144 cm³/mol. The Labute approximate surface area is 218 Å². The summed E-state index contributed by atoms with van der Waals surface area (Å²) in [5, 5.41) is 11.2. The lowest BCUT2D eigenvalue weighted by Gasteiger charge is -2.28. The SMILES string of the molecule is CCCCN(Cc1cccn1Cc1cccc(C)c1)C(=O)CN(CCC)C(=O)c1cccc([N+](=O)[O-])c1. The summed E-state index contributed by atoms with van der Waals surface area (Å²) in [6, 6.07) is 18.1. The van der Waals surface area contributed by atoms with Crippen molar-refractivity contribution in [2.45, 2.75) is 53.1 Å². The first-order valence-electron chi connectivity index (χ1n) is 12.8. The van der Waals surface area contributed by atoms with Crippen LogP contribution >= 0.6 is 0 Å². The largest absolute Gasteiger partial charge is 0.345 e. The van der Waals surface area contributed by atoms with Crippen molar-refractivity contribution in [1.82, 2.24) is 14.4 Å². The lowest BCUT2D eigenvalue weighted by molar-refractivity contribution is -0.384. The lowest BCUT2D eigenvalue weighted by atomic mass is 10.1. The second-order valence-electron chi connectivity index (χ2n) is 9.32. The van der Waals surface area contributed by atoms with Crippen molar-refractivity contribution < 1.29 is 14.5 Å². The van der Waals surface area contributed by atoms with Crippen LogP contribution in [0.5, 0.6) is 0 Å². The second kappa shape index (κ2) is 13.4. The van der Waals surface area contributed by atoms with Crippen LogP contribution in [-0.2, 0) is 17.9 Å². The number of hydrogen-bond donors (Lipinski definition) is 0. The molecule has 2 amide bonds. The molecule has 0 spiro atoms. The maximum atomic E-state index is 13.5. The summed E-state index contributed by atoms with van der Waals surface area (Å²) in [5.41, 5.74) is 3.49. The Morgan fingerprint density at radius 1 is 0.946 bits per heavy atom. The minimum absolute atomic E-state index is 0.0718. The second-order valence-corrected chi connectivity index (χ2v) is 9.32. The number of hydrogen-bond acceptors (Lipinski definition) is 4. The van der Waals surface area contributed by atoms with E-state index in [1.165, 1.54) is 34.2 Å². The Hall–Kier alpha value is -3.94. The average Bonchev–Trinajstić information content (AvgIpc) is 3.32. The average molecular weight is 505 g/mol. The Kier molecular flexibility index (Phi) is 10.0. The van der Waals surface area contributed by atoms with Crippen LogP contribution in [0.2, 0.25) is 0 Å². The summed E-state index contributed by atoms with van der Waals surface area (Å²) >= 11 is 0. The number of nitrogens with zero attached hydrogens (tertiary/aromatic N) is 4. The lowest BCUT2D eigenvalue weighted by Crippen LogP contribution is -2.43. The van der Waals surface area contributed by atoms with Crippen LogP contribution in [-0.4, -0.2) is 50.7 Å². The molecule has 8 heteroatoms. The summed E-state index contributed by atoms with van der Waals surface area (Å²) in [5.74, 6) is -0.513. The number of benzene rings is 2. The van der Waals surface area contributed by atoms with Crippen LogP contribution in [0.1, 0.15) is 60.3 Å². The highest BCUT2D eigenvalue weighted by atomic mass is 16.6. The first kappa shape index (κ1) is 27.6. The van der Waals surface area contributed by atoms with Gasteiger partial charge in [-0.25, -0.2) is 0 Å². The molecule has 37 heavy (non-hydrogen) atoms. The molecule has 0 bridgehead atoms. The molecule has 0 fully saturated rings. The molecule has 0 aliphatic carbocycles. The van der Waals surface area contributed by atoms with Gasteiger partial charge in [-0.15, -0.1) is 0 Å². The Morgan fingerprint density at radius 2 is 1.73 bits per heavy atom. The monoisotopic (exact) mass is 504 g/mol. The first-order valence-corrected chi connectivity index (χ1v) is 12.8. The van der Waals surface area contributed by atoms with E-state index in [-0.39, 0.29) is 29.6 Å². The van der Waals surface area contributed by atoms with E-state index in [1.807, 2.05) is 36.2 Å². The van der Waals surface area contributed by atoms with Crippen LogP contribution in [0.4, 0.5) is 5.69 Å². The summed E-state index contributed by atoms with van der Waals surface area (Å²) < 4.78 is 2.15. The zero-order valence-electron chi connectivity index (χ0n) is 21.9. The molecule has 1 aromatic heterocycles. The number of non-ortho nitro benzene ring substituents is 1. The Bertz CT molecular complexity index is 1220.